The van der Waals surface area contributed by atoms with Crippen LogP contribution in [0, 0.1) is 17.3 Å². The Hall–Kier alpha value is -4.08. The first-order valence-electron chi connectivity index (χ1n) is 19.7. The topological polar surface area (TPSA) is 87.3 Å². The van der Waals surface area contributed by atoms with E-state index < -0.39 is 5.41 Å². The van der Waals surface area contributed by atoms with E-state index in [2.05, 4.69) is 95.2 Å². The maximum Gasteiger partial charge on any atom is 0.322 e. The predicted molar refractivity (Wildman–Crippen MR) is 207 cm³/mol. The Morgan fingerprint density at radius 2 is 1.85 bits per heavy atom. The van der Waals surface area contributed by atoms with Crippen LogP contribution in [0.5, 0.6) is 5.75 Å². The number of rotatable bonds is 6. The summed E-state index contributed by atoms with van der Waals surface area (Å²) in [5.41, 5.74) is 5.94. The molecule has 0 radical (unpaired) electrons. The lowest BCUT2D eigenvalue weighted by molar-refractivity contribution is -0.151. The fourth-order valence-corrected chi connectivity index (χ4v) is 12.6. The number of hydrogen-bond acceptors (Lipinski definition) is 8. The molecule has 9 rings (SSSR count). The maximum atomic E-state index is 15.2. The minimum Gasteiger partial charge on any atom is -0.496 e. The molecule has 1 aromatic heterocycles. The van der Waals surface area contributed by atoms with Gasteiger partial charge < -0.3 is 24.1 Å². The number of fused-ring (bicyclic) bond motifs is 6. The molecule has 8 atom stereocenters. The van der Waals surface area contributed by atoms with Gasteiger partial charge in [-0.3, -0.25) is 19.4 Å². The molecule has 2 bridgehead atoms. The first-order valence-corrected chi connectivity index (χ1v) is 19.7. The van der Waals surface area contributed by atoms with Crippen LogP contribution in [0.1, 0.15) is 68.3 Å². The number of likely N-dealkylation sites (N-methyl/N-ethyl adjacent to an activating group) is 1. The van der Waals surface area contributed by atoms with Crippen LogP contribution in [-0.4, -0.2) is 99.9 Å². The molecule has 1 saturated carbocycles. The van der Waals surface area contributed by atoms with E-state index >= 15 is 4.79 Å². The SMILES string of the molecule is CCC1=C[C@@H]2CN(CCc3c([nH]c4ccccc34)[C@@](C(=O)OC)(c3cc4c(cc3OC)N(C)[C@H]3[C@@H](C(=O)OC)C[C@]5(CC)C=CCN6CC[C@]43[C@@H]65)C2)C1. The van der Waals surface area contributed by atoms with Crippen molar-refractivity contribution < 1.29 is 23.8 Å². The van der Waals surface area contributed by atoms with Gasteiger partial charge in [-0.1, -0.05) is 55.8 Å². The quantitative estimate of drug-likeness (QED) is 0.241. The van der Waals surface area contributed by atoms with Gasteiger partial charge in [0.05, 0.1) is 33.3 Å². The minimum absolute atomic E-state index is 0.0914. The number of H-pyrrole nitrogens is 1. The molecule has 2 fully saturated rings. The number of anilines is 1. The number of hydrogen-bond donors (Lipinski definition) is 1. The van der Waals surface area contributed by atoms with Crippen molar-refractivity contribution in [1.29, 1.82) is 0 Å². The second kappa shape index (κ2) is 12.5. The number of nitrogens with one attached hydrogen (secondary N) is 1. The summed E-state index contributed by atoms with van der Waals surface area (Å²) in [5, 5.41) is 1.15. The summed E-state index contributed by atoms with van der Waals surface area (Å²) < 4.78 is 18.0. The smallest absolute Gasteiger partial charge is 0.322 e. The molecule has 1 aliphatic carbocycles. The molecule has 9 nitrogen and oxygen atoms in total. The Kier molecular flexibility index (Phi) is 8.17. The summed E-state index contributed by atoms with van der Waals surface area (Å²) >= 11 is 0. The molecule has 5 aliphatic heterocycles. The molecule has 280 valence electrons. The number of methoxy groups -OCH3 is 3. The normalized spacial score (nSPS) is 34.2. The van der Waals surface area contributed by atoms with Gasteiger partial charge in [-0.25, -0.2) is 0 Å². The number of aromatic nitrogens is 1. The van der Waals surface area contributed by atoms with Crippen molar-refractivity contribution in [3.8, 4) is 5.75 Å². The molecule has 1 spiro atoms. The highest BCUT2D eigenvalue weighted by atomic mass is 16.5. The summed E-state index contributed by atoms with van der Waals surface area (Å²) in [6, 6.07) is 13.1. The number of nitrogens with zero attached hydrogens (tertiary/aromatic N) is 3. The molecule has 1 unspecified atom stereocenters. The van der Waals surface area contributed by atoms with Gasteiger partial charge in [0.15, 0.2) is 0 Å². The molecule has 0 amide bonds. The largest absolute Gasteiger partial charge is 0.496 e. The van der Waals surface area contributed by atoms with Crippen molar-refractivity contribution in [2.24, 2.45) is 17.3 Å². The van der Waals surface area contributed by atoms with E-state index in [9.17, 15) is 4.79 Å². The van der Waals surface area contributed by atoms with Crippen LogP contribution < -0.4 is 9.64 Å². The molecule has 53 heavy (non-hydrogen) atoms. The van der Waals surface area contributed by atoms with E-state index in [0.717, 1.165) is 92.7 Å². The van der Waals surface area contributed by atoms with Gasteiger partial charge in [0, 0.05) is 84.0 Å². The third-order valence-corrected chi connectivity index (χ3v) is 14.6. The second-order valence-electron chi connectivity index (χ2n) is 16.7. The Bertz CT molecular complexity index is 2050. The van der Waals surface area contributed by atoms with Gasteiger partial charge in [0.1, 0.15) is 11.2 Å². The number of ether oxygens (including phenoxy) is 3. The molecule has 6 heterocycles. The fourth-order valence-electron chi connectivity index (χ4n) is 12.6. The average Bonchev–Trinajstić information content (AvgIpc) is 3.85. The Balaban J connectivity index is 1.35. The maximum absolute atomic E-state index is 15.2. The molecule has 1 saturated heterocycles. The van der Waals surface area contributed by atoms with Crippen LogP contribution in [0.25, 0.3) is 10.9 Å². The Labute approximate surface area is 313 Å². The summed E-state index contributed by atoms with van der Waals surface area (Å²) in [6.07, 6.45) is 12.1. The highest BCUT2D eigenvalue weighted by Gasteiger charge is 2.71. The lowest BCUT2D eigenvalue weighted by Crippen LogP contribution is -2.67. The lowest BCUT2D eigenvalue weighted by atomic mass is 9.50. The first kappa shape index (κ1) is 34.7. The zero-order valence-corrected chi connectivity index (χ0v) is 32.2. The zero-order valence-electron chi connectivity index (χ0n) is 32.2. The van der Waals surface area contributed by atoms with Gasteiger partial charge in [-0.05, 0) is 74.2 Å². The van der Waals surface area contributed by atoms with Crippen LogP contribution >= 0.6 is 0 Å². The third kappa shape index (κ3) is 4.62. The highest BCUT2D eigenvalue weighted by Crippen LogP contribution is 2.67. The molecule has 6 aliphatic rings. The van der Waals surface area contributed by atoms with Gasteiger partial charge in [-0.15, -0.1) is 0 Å². The number of carbonyl (C=O) groups is 2. The summed E-state index contributed by atoms with van der Waals surface area (Å²) in [6.45, 7) is 9.12. The van der Waals surface area contributed by atoms with Crippen molar-refractivity contribution in [2.45, 2.75) is 75.3 Å². The Morgan fingerprint density at radius 3 is 2.60 bits per heavy atom. The molecule has 3 aromatic rings. The molecular weight excluding hydrogens is 665 g/mol. The van der Waals surface area contributed by atoms with Crippen molar-refractivity contribution in [3.63, 3.8) is 0 Å². The van der Waals surface area contributed by atoms with Crippen molar-refractivity contribution in [2.75, 3.05) is 66.0 Å². The van der Waals surface area contributed by atoms with Crippen LogP contribution in [0.4, 0.5) is 5.69 Å². The van der Waals surface area contributed by atoms with Crippen LogP contribution in [0.3, 0.4) is 0 Å². The number of carbonyl (C=O) groups excluding carboxylic acids is 2. The summed E-state index contributed by atoms with van der Waals surface area (Å²) in [4.78, 5) is 40.5. The van der Waals surface area contributed by atoms with Crippen LogP contribution in [0.15, 0.2) is 60.2 Å². The Morgan fingerprint density at radius 1 is 1.02 bits per heavy atom. The number of benzene rings is 2. The second-order valence-corrected chi connectivity index (χ2v) is 16.7. The summed E-state index contributed by atoms with van der Waals surface area (Å²) in [5.74, 6) is 0.0639. The number of aromatic amines is 1. The van der Waals surface area contributed by atoms with Gasteiger partial charge >= 0.3 is 11.9 Å². The van der Waals surface area contributed by atoms with Gasteiger partial charge in [0.2, 0.25) is 0 Å². The van der Waals surface area contributed by atoms with E-state index in [1.54, 1.807) is 7.11 Å². The molecule has 2 aromatic carbocycles. The number of para-hydroxylation sites is 1. The average molecular weight is 719 g/mol. The van der Waals surface area contributed by atoms with Crippen molar-refractivity contribution in [3.05, 3.63) is 82.6 Å². The monoisotopic (exact) mass is 718 g/mol. The van der Waals surface area contributed by atoms with E-state index in [1.165, 1.54) is 30.9 Å². The third-order valence-electron chi connectivity index (χ3n) is 14.6. The van der Waals surface area contributed by atoms with Gasteiger partial charge in [0.25, 0.3) is 0 Å². The molecule has 9 heteroatoms. The van der Waals surface area contributed by atoms with E-state index in [4.69, 9.17) is 14.2 Å². The predicted octanol–water partition coefficient (Wildman–Crippen LogP) is 6.14. The van der Waals surface area contributed by atoms with E-state index in [-0.39, 0.29) is 46.7 Å². The minimum atomic E-state index is -1.19. The lowest BCUT2D eigenvalue weighted by Gasteiger charge is -2.58. The summed E-state index contributed by atoms with van der Waals surface area (Å²) in [7, 11) is 6.92. The molecular formula is C44H54N4O5. The fraction of sp³-hybridized carbons (Fsp3) is 0.545. The van der Waals surface area contributed by atoms with Crippen molar-refractivity contribution >= 4 is 28.5 Å². The standard InChI is InChI=1S/C44H54N4O5/c1-7-27-20-28-23-44(41(50)53-6,37-30(14-18-47(25-27)26-28)29-12-9-10-13-34(29)45-37)33-21-32-35(22-36(33)51-4)46(3)38-31(39(49)52-5)24-42(8-2)15-11-17-48-19-16-43(32,38)40(42)48/h9-13,15,20-22,28,31,38,40,45H,7-8,14,16-19,23-26H2,1-6H3/t28-,31-,38-,40-,42-,43-,44-/m0/s1. The first-order chi connectivity index (χ1) is 25.7. The number of esters is 2. The van der Waals surface area contributed by atoms with Crippen molar-refractivity contribution in [1.82, 2.24) is 14.8 Å². The van der Waals surface area contributed by atoms with E-state index in [0.29, 0.717) is 12.2 Å². The van der Waals surface area contributed by atoms with Gasteiger partial charge in [-0.2, -0.15) is 0 Å². The van der Waals surface area contributed by atoms with Crippen LogP contribution in [-0.2, 0) is 36.3 Å². The zero-order chi connectivity index (χ0) is 36.9. The van der Waals surface area contributed by atoms with Crippen LogP contribution in [0.2, 0.25) is 0 Å². The van der Waals surface area contributed by atoms with E-state index in [1.807, 2.05) is 0 Å². The molecule has 1 N–H and O–H groups in total. The highest BCUT2D eigenvalue weighted by molar-refractivity contribution is 5.94.